The molecule has 0 spiro atoms. The lowest BCUT2D eigenvalue weighted by atomic mass is 10.1. The van der Waals surface area contributed by atoms with Gasteiger partial charge in [-0.25, -0.2) is 0 Å². The van der Waals surface area contributed by atoms with Crippen LogP contribution in [0.5, 0.6) is 0 Å². The van der Waals surface area contributed by atoms with E-state index >= 15 is 0 Å². The molecule has 0 aliphatic rings. The van der Waals surface area contributed by atoms with Crippen molar-refractivity contribution in [3.05, 3.63) is 0 Å². The molecule has 0 aromatic rings. The highest BCUT2D eigenvalue weighted by molar-refractivity contribution is 7.99. The molecule has 0 fully saturated rings. The summed E-state index contributed by atoms with van der Waals surface area (Å²) in [7, 11) is 0. The van der Waals surface area contributed by atoms with E-state index in [1.807, 2.05) is 11.8 Å². The number of hydrogen-bond acceptors (Lipinski definition) is 2. The first-order valence-corrected chi connectivity index (χ1v) is 5.74. The van der Waals surface area contributed by atoms with Crippen molar-refractivity contribution in [2.75, 3.05) is 17.3 Å². The topological polar surface area (TPSA) is 0 Å². The minimum absolute atomic E-state index is 0.872. The Kier molecular flexibility index (Phi) is 8.35. The molecule has 0 radical (unpaired) electrons. The van der Waals surface area contributed by atoms with E-state index in [1.165, 1.54) is 24.3 Å². The largest absolute Gasteiger partial charge is 0.179 e. The number of thiol groups is 1. The molecule has 2 heteroatoms. The van der Waals surface area contributed by atoms with Gasteiger partial charge in [0.05, 0.1) is 0 Å². The predicted molar refractivity (Wildman–Crippen MR) is 55.3 cm³/mol. The van der Waals surface area contributed by atoms with Gasteiger partial charge in [-0.1, -0.05) is 20.3 Å². The van der Waals surface area contributed by atoms with Gasteiger partial charge < -0.3 is 0 Å². The third-order valence-corrected chi connectivity index (χ3v) is 2.90. The van der Waals surface area contributed by atoms with Gasteiger partial charge in [0.25, 0.3) is 0 Å². The molecule has 0 saturated heterocycles. The van der Waals surface area contributed by atoms with E-state index < -0.39 is 0 Å². The fourth-order valence-corrected chi connectivity index (χ4v) is 1.85. The molecular formula is C8H18S2. The van der Waals surface area contributed by atoms with Crippen molar-refractivity contribution in [2.24, 2.45) is 5.92 Å². The van der Waals surface area contributed by atoms with Crippen LogP contribution in [0.15, 0.2) is 0 Å². The molecule has 0 N–H and O–H groups in total. The molecule has 10 heavy (non-hydrogen) atoms. The van der Waals surface area contributed by atoms with E-state index in [1.54, 1.807) is 0 Å². The van der Waals surface area contributed by atoms with Crippen LogP contribution in [-0.2, 0) is 0 Å². The van der Waals surface area contributed by atoms with Crippen LogP contribution in [0.3, 0.4) is 0 Å². The van der Waals surface area contributed by atoms with Gasteiger partial charge in [-0.05, 0) is 23.8 Å². The van der Waals surface area contributed by atoms with Gasteiger partial charge in [0, 0.05) is 5.75 Å². The summed E-state index contributed by atoms with van der Waals surface area (Å²) in [4.78, 5) is 0. The van der Waals surface area contributed by atoms with Crippen LogP contribution in [0.1, 0.15) is 26.7 Å². The Morgan fingerprint density at radius 1 is 1.30 bits per heavy atom. The molecule has 0 aliphatic heterocycles. The maximum atomic E-state index is 4.14. The van der Waals surface area contributed by atoms with E-state index in [4.69, 9.17) is 0 Å². The molecular weight excluding hydrogens is 160 g/mol. The molecule has 0 rings (SSSR count). The zero-order valence-electron chi connectivity index (χ0n) is 6.97. The van der Waals surface area contributed by atoms with Crippen LogP contribution in [0, 0.1) is 5.92 Å². The standard InChI is InChI=1S/C8H18S2/c1-8(2)4-3-6-10-7-5-9/h8-9H,3-7H2,1-2H3. The Labute approximate surface area is 74.6 Å². The Hall–Kier alpha value is 0.700. The summed E-state index contributed by atoms with van der Waals surface area (Å²) in [5, 5.41) is 0. The Morgan fingerprint density at radius 3 is 2.50 bits per heavy atom. The molecule has 0 heterocycles. The van der Waals surface area contributed by atoms with Crippen molar-refractivity contribution in [1.82, 2.24) is 0 Å². The van der Waals surface area contributed by atoms with Crippen LogP contribution >= 0.6 is 24.4 Å². The maximum absolute atomic E-state index is 4.14. The highest BCUT2D eigenvalue weighted by Crippen LogP contribution is 2.09. The van der Waals surface area contributed by atoms with Gasteiger partial charge in [0.1, 0.15) is 0 Å². The van der Waals surface area contributed by atoms with Crippen LogP contribution in [0.4, 0.5) is 0 Å². The summed E-state index contributed by atoms with van der Waals surface area (Å²) in [5.74, 6) is 4.42. The van der Waals surface area contributed by atoms with Gasteiger partial charge in [-0.15, -0.1) is 0 Å². The second-order valence-corrected chi connectivity index (χ2v) is 4.54. The molecule has 0 nitrogen and oxygen atoms in total. The highest BCUT2D eigenvalue weighted by atomic mass is 32.2. The quantitative estimate of drug-likeness (QED) is 0.482. The number of thioether (sulfide) groups is 1. The first-order chi connectivity index (χ1) is 4.77. The van der Waals surface area contributed by atoms with Gasteiger partial charge >= 0.3 is 0 Å². The Bertz CT molecular complexity index is 62.3. The van der Waals surface area contributed by atoms with E-state index in [0.29, 0.717) is 0 Å². The normalized spacial score (nSPS) is 10.8. The zero-order valence-corrected chi connectivity index (χ0v) is 8.68. The Morgan fingerprint density at radius 2 is 2.00 bits per heavy atom. The summed E-state index contributed by atoms with van der Waals surface area (Å²) in [6.45, 7) is 4.56. The minimum atomic E-state index is 0.872. The fourth-order valence-electron chi connectivity index (χ4n) is 0.760. The summed E-state index contributed by atoms with van der Waals surface area (Å²) in [6.07, 6.45) is 2.75. The van der Waals surface area contributed by atoms with Crippen LogP contribution in [-0.4, -0.2) is 17.3 Å². The van der Waals surface area contributed by atoms with Gasteiger partial charge in [0.2, 0.25) is 0 Å². The van der Waals surface area contributed by atoms with Crippen molar-refractivity contribution in [2.45, 2.75) is 26.7 Å². The first-order valence-electron chi connectivity index (χ1n) is 3.96. The predicted octanol–water partition coefficient (Wildman–Crippen LogP) is 3.09. The smallest absolute Gasteiger partial charge is 0.00210 e. The minimum Gasteiger partial charge on any atom is -0.179 e. The molecule has 0 aliphatic carbocycles. The number of rotatable bonds is 6. The van der Waals surface area contributed by atoms with Crippen LogP contribution in [0.2, 0.25) is 0 Å². The summed E-state index contributed by atoms with van der Waals surface area (Å²) >= 11 is 6.16. The average molecular weight is 178 g/mol. The third-order valence-electron chi connectivity index (χ3n) is 1.31. The third kappa shape index (κ3) is 8.70. The van der Waals surface area contributed by atoms with E-state index in [2.05, 4.69) is 26.5 Å². The molecule has 0 saturated carbocycles. The van der Waals surface area contributed by atoms with Crippen molar-refractivity contribution in [1.29, 1.82) is 0 Å². The maximum Gasteiger partial charge on any atom is 0.00210 e. The van der Waals surface area contributed by atoms with Gasteiger partial charge in [-0.2, -0.15) is 24.4 Å². The van der Waals surface area contributed by atoms with Crippen LogP contribution < -0.4 is 0 Å². The second-order valence-electron chi connectivity index (χ2n) is 2.87. The number of hydrogen-bond donors (Lipinski definition) is 1. The molecule has 62 valence electrons. The van der Waals surface area contributed by atoms with E-state index in [9.17, 15) is 0 Å². The first kappa shape index (κ1) is 10.7. The summed E-state index contributed by atoms with van der Waals surface area (Å²) in [6, 6.07) is 0. The monoisotopic (exact) mass is 178 g/mol. The fraction of sp³-hybridized carbons (Fsp3) is 1.00. The van der Waals surface area contributed by atoms with Gasteiger partial charge in [-0.3, -0.25) is 0 Å². The average Bonchev–Trinajstić information content (AvgIpc) is 1.87. The summed E-state index contributed by atoms with van der Waals surface area (Å²) in [5.41, 5.74) is 0. The lowest BCUT2D eigenvalue weighted by molar-refractivity contribution is 0.579. The molecule has 0 bridgehead atoms. The zero-order chi connectivity index (χ0) is 7.82. The van der Waals surface area contributed by atoms with E-state index in [0.717, 1.165) is 11.7 Å². The molecule has 0 aromatic carbocycles. The Balaban J connectivity index is 2.77. The molecule has 0 atom stereocenters. The van der Waals surface area contributed by atoms with E-state index in [-0.39, 0.29) is 0 Å². The highest BCUT2D eigenvalue weighted by Gasteiger charge is 1.92. The molecule has 0 unspecified atom stereocenters. The van der Waals surface area contributed by atoms with Crippen molar-refractivity contribution < 1.29 is 0 Å². The van der Waals surface area contributed by atoms with Gasteiger partial charge in [0.15, 0.2) is 0 Å². The summed E-state index contributed by atoms with van der Waals surface area (Å²) < 4.78 is 0. The lowest BCUT2D eigenvalue weighted by Gasteiger charge is -2.02. The molecule has 0 amide bonds. The lowest BCUT2D eigenvalue weighted by Crippen LogP contribution is -1.90. The molecule has 0 aromatic heterocycles. The van der Waals surface area contributed by atoms with Crippen molar-refractivity contribution >= 4 is 24.4 Å². The van der Waals surface area contributed by atoms with Crippen LogP contribution in [0.25, 0.3) is 0 Å². The van der Waals surface area contributed by atoms with Crippen molar-refractivity contribution in [3.63, 3.8) is 0 Å². The van der Waals surface area contributed by atoms with Crippen molar-refractivity contribution in [3.8, 4) is 0 Å². The SMILES string of the molecule is CC(C)CCCSCCS. The second kappa shape index (κ2) is 7.80.